The van der Waals surface area contributed by atoms with Crippen molar-refractivity contribution >= 4 is 296 Å². The van der Waals surface area contributed by atoms with Crippen LogP contribution in [0.1, 0.15) is 21.3 Å². The highest BCUT2D eigenvalue weighted by Crippen LogP contribution is 2.86. The average Bonchev–Trinajstić information content (AvgIpc) is 1.66. The van der Waals surface area contributed by atoms with Gasteiger partial charge in [-0.25, -0.2) is 0 Å². The number of hydrogen-bond acceptors (Lipinski definition) is 42. The first-order chi connectivity index (χ1) is 45.5. The predicted octanol–water partition coefficient (Wildman–Crippen LogP) is 7.53. The summed E-state index contributed by atoms with van der Waals surface area (Å²) in [4.78, 5) is 0. The summed E-state index contributed by atoms with van der Waals surface area (Å²) in [6, 6.07) is -0.428. The van der Waals surface area contributed by atoms with Gasteiger partial charge in [-0.2, -0.15) is 10.5 Å². The standard InChI is InChI=1S/C12H20BNO6P2S4.C10H17BO5P2S5.C9H16BO6P2S4.C7H11BO5.C5H10P2S6.2CH4/c1-15-12-19-9-8(18-11(13)10(9)20-12)5-17-22(25,26)7-21(23,24)6-16-4-2-3-14;1-12-10-15-7-6(14-9(11)8(7)16-10)4-13-17(19,20)5-18(21)22-2-3-23-18;1-12-9-15-6-5(14-8(10)7(6)16-9)2-13-18(21,22)4-17(19,20)3-11;1-10-7-12-4-3(2-9)11-6(8)5(4)13-7;8-6(10-1-2-11-6)5-7(9)12-3-4-13-7;;/h8-12H,2,4-7H2,1H3,(H,23,24)(H,25,26);6-10H,2-5H2,1H3,(H,19,20);5-9H,2-4H2,1H3,(H,19,20)(H,21,22);3-7,9H,2H2,1H3;1-5H2;2*1H4/q;;-1;;;;/p-5/t8-,9?,10+,11-,12?;6-,7?,8+,9-,10?;5-,6?,7+,8-,9?;3-,4?,5+,6-,7?;;;/m1111.../s1. The molecule has 0 aromatic rings. The number of nitrogens with zero attached hydrogens (tertiary/aromatic N) is 1. The summed E-state index contributed by atoms with van der Waals surface area (Å²) in [7, 11) is 29.2. The number of ether oxygens (including phenoxy) is 17. The SMILES string of the molecule is C.C.S=P1(CP2(=S)SCCS2)SCCS1.[B][C@@H]1O[C@H](CO)C2OC(OC)O[C@@H]21.[B][C@@H]1O[C@H](COP(=S)([S-])CP(=S)([S-])COCCC#N)C2OC(OC)O[C@@H]21.[B][C@@H]1O[C@H](COP(=S)([S-])CP(=S)([S-])C[O-])C2OC(OC)O[C@@H]21.[B][C@@H]1O[C@H](COP(=S)([S-])CP2(=S)SCCS2)C2OC(OC)O[C@@H]21. The van der Waals surface area contributed by atoms with Crippen LogP contribution in [-0.4, -0.2) is 292 Å². The Morgan fingerprint density at radius 2 is 0.778 bits per heavy atom. The van der Waals surface area contributed by atoms with E-state index in [9.17, 15) is 5.11 Å². The normalized spacial score (nSPS) is 38.4. The maximum absolute atomic E-state index is 11.0. The molecule has 11 aliphatic rings. The molecule has 25 atom stereocenters. The number of nitriles is 1. The van der Waals surface area contributed by atoms with E-state index in [4.69, 9.17) is 292 Å². The van der Waals surface area contributed by atoms with E-state index in [0.717, 1.165) is 11.5 Å². The van der Waals surface area contributed by atoms with Gasteiger partial charge in [0.1, 0.15) is 105 Å². The topological polar surface area (TPSA) is 252 Å². The Hall–Kier alpha value is 7.92. The monoisotopic (exact) mass is 1880 g/mol. The predicted molar refractivity (Wildman–Crippen MR) is 449 cm³/mol. The van der Waals surface area contributed by atoms with Crippen molar-refractivity contribution in [2.24, 2.45) is 0 Å². The third kappa shape index (κ3) is 30.7. The molecule has 23 nitrogen and oxygen atoms in total. The van der Waals surface area contributed by atoms with Gasteiger partial charge < -0.3 is 166 Å². The van der Waals surface area contributed by atoms with Gasteiger partial charge in [-0.3, -0.25) is 0 Å². The molecule has 11 fully saturated rings. The zero-order valence-electron chi connectivity index (χ0n) is 51.9. The van der Waals surface area contributed by atoms with E-state index in [-0.39, 0.29) is 96.4 Å². The van der Waals surface area contributed by atoms with Gasteiger partial charge in [-0.05, 0) is 11.8 Å². The van der Waals surface area contributed by atoms with Crippen LogP contribution in [0.4, 0.5) is 0 Å². The first-order valence-corrected chi connectivity index (χ1v) is 67.4. The number of aliphatic hydroxyl groups is 1. The molecular weight excluding hydrogens is 1810 g/mol. The molecule has 0 aliphatic carbocycles. The van der Waals surface area contributed by atoms with Crippen LogP contribution in [0.15, 0.2) is 0 Å². The first kappa shape index (κ1) is 97.5. The molecule has 566 valence electrons. The highest BCUT2D eigenvalue weighted by Gasteiger charge is 2.54. The second-order valence-electron chi connectivity index (χ2n) is 21.5. The molecule has 0 saturated carbocycles. The second kappa shape index (κ2) is 45.0. The molecule has 0 aromatic heterocycles. The lowest BCUT2D eigenvalue weighted by Gasteiger charge is -2.41. The Morgan fingerprint density at radius 3 is 1.09 bits per heavy atom. The smallest absolute Gasteiger partial charge is 0.272 e. The maximum Gasteiger partial charge on any atom is 0.272 e. The van der Waals surface area contributed by atoms with Crippen LogP contribution < -0.4 is 5.11 Å². The van der Waals surface area contributed by atoms with Crippen molar-refractivity contribution in [1.29, 1.82) is 5.26 Å². The van der Waals surface area contributed by atoms with Crippen molar-refractivity contribution in [3.63, 3.8) is 0 Å². The minimum Gasteiger partial charge on any atom is -0.852 e. The first-order valence-electron chi connectivity index (χ1n) is 28.7. The third-order valence-corrected chi connectivity index (χ3v) is 78.6. The Labute approximate surface area is 680 Å². The number of methoxy groups -OCH3 is 4. The summed E-state index contributed by atoms with van der Waals surface area (Å²) in [5.41, 5.74) is -7.65. The maximum atomic E-state index is 11.0. The van der Waals surface area contributed by atoms with Crippen molar-refractivity contribution in [3.05, 3.63) is 0 Å². The minimum atomic E-state index is -2.65. The van der Waals surface area contributed by atoms with Gasteiger partial charge >= 0.3 is 0 Å². The van der Waals surface area contributed by atoms with Gasteiger partial charge in [-0.1, -0.05) is 102 Å². The van der Waals surface area contributed by atoms with E-state index in [1.54, 1.807) is 0 Å². The molecule has 0 aromatic carbocycles. The summed E-state index contributed by atoms with van der Waals surface area (Å²) in [6.45, 7) is -2.34. The summed E-state index contributed by atoms with van der Waals surface area (Å²) < 4.78 is 105. The summed E-state index contributed by atoms with van der Waals surface area (Å²) in [5, 5.41) is 23.6. The Morgan fingerprint density at radius 1 is 0.485 bits per heavy atom. The van der Waals surface area contributed by atoms with E-state index in [1.807, 2.05) is 28.8 Å². The molecule has 0 amide bonds. The molecule has 0 spiro atoms. The number of fused-ring (bicyclic) bond motifs is 4. The molecule has 54 heteroatoms. The molecule has 11 rings (SSSR count). The Kier molecular flexibility index (Phi) is 44.3. The summed E-state index contributed by atoms with van der Waals surface area (Å²) in [5.74, 6) is 9.53. The van der Waals surface area contributed by atoms with Crippen molar-refractivity contribution in [2.75, 3.05) is 132 Å². The molecule has 0 bridgehead atoms. The third-order valence-electron chi connectivity index (χ3n) is 14.1. The van der Waals surface area contributed by atoms with Gasteiger partial charge in [0.05, 0.1) is 65.2 Å². The zero-order valence-corrected chi connectivity index (χ0v) is 74.6. The minimum absolute atomic E-state index is 0. The average molecular weight is 1880 g/mol. The molecule has 1 N–H and O–H groups in total. The van der Waals surface area contributed by atoms with Crippen LogP contribution >= 0.6 is 108 Å². The fraction of sp³-hybridized carbons (Fsp3) is 0.978. The quantitative estimate of drug-likeness (QED) is 0.0361. The van der Waals surface area contributed by atoms with Crippen LogP contribution in [-0.2, 0) is 250 Å². The summed E-state index contributed by atoms with van der Waals surface area (Å²) >= 11 is 82.6. The van der Waals surface area contributed by atoms with Crippen LogP contribution in [0.3, 0.4) is 0 Å². The van der Waals surface area contributed by atoms with Crippen molar-refractivity contribution in [3.8, 4) is 6.07 Å². The van der Waals surface area contributed by atoms with E-state index in [0.29, 0.717) is 12.5 Å². The fourth-order valence-electron chi connectivity index (χ4n) is 9.90. The lowest BCUT2D eigenvalue weighted by atomic mass is 9.93. The lowest BCUT2D eigenvalue weighted by Crippen LogP contribution is -2.32. The van der Waals surface area contributed by atoms with Crippen LogP contribution in [0.25, 0.3) is 0 Å². The second-order valence-corrected chi connectivity index (χ2v) is 92.1. The Bertz CT molecular complexity index is 2960. The number of hydrogen-bond donors (Lipinski definition) is 1. The van der Waals surface area contributed by atoms with Gasteiger partial charge in [0.15, 0.2) is 0 Å². The van der Waals surface area contributed by atoms with E-state index >= 15 is 0 Å². The Balaban J connectivity index is 0.000000227. The number of rotatable bonds is 27. The fourth-order valence-corrected chi connectivity index (χ4v) is 97.0. The van der Waals surface area contributed by atoms with Crippen molar-refractivity contribution in [2.45, 2.75) is 144 Å². The van der Waals surface area contributed by atoms with Gasteiger partial charge in [-0.15, -0.1) is 103 Å². The zero-order chi connectivity index (χ0) is 71.4. The lowest BCUT2D eigenvalue weighted by molar-refractivity contribution is -0.340. The van der Waals surface area contributed by atoms with Crippen LogP contribution in [0.5, 0.6) is 0 Å². The van der Waals surface area contributed by atoms with E-state index in [2.05, 4.69) is 45.5 Å². The van der Waals surface area contributed by atoms with Crippen molar-refractivity contribution in [1.82, 2.24) is 0 Å². The van der Waals surface area contributed by atoms with Gasteiger partial charge in [0.25, 0.3) is 25.9 Å². The molecule has 11 heterocycles. The van der Waals surface area contributed by atoms with E-state index < -0.39 is 139 Å². The molecule has 8 radical (unpaired) electrons. The highest BCUT2D eigenvalue weighted by molar-refractivity contribution is 9.08. The largest absolute Gasteiger partial charge is 0.852 e. The summed E-state index contributed by atoms with van der Waals surface area (Å²) in [6.07, 6.45) is -4.79. The van der Waals surface area contributed by atoms with E-state index in [1.165, 1.54) is 57.4 Å². The highest BCUT2D eigenvalue weighted by atomic mass is 33.3. The van der Waals surface area contributed by atoms with Gasteiger partial charge in [0, 0.05) is 98.8 Å². The van der Waals surface area contributed by atoms with Crippen molar-refractivity contribution < 1.29 is 104 Å². The number of aliphatic hydroxyl groups excluding tert-OH is 1. The van der Waals surface area contributed by atoms with Crippen LogP contribution in [0, 0.1) is 11.3 Å². The molecule has 11 aliphatic heterocycles. The molecule has 99 heavy (non-hydrogen) atoms. The van der Waals surface area contributed by atoms with Gasteiger partial charge in [0.2, 0.25) is 0 Å². The van der Waals surface area contributed by atoms with Crippen LogP contribution in [0.2, 0.25) is 0 Å². The molecule has 13 unspecified atom stereocenters. The molecule has 11 saturated heterocycles. The molecular formula is C45H77B4NO22P8S19-6.